The number of ketones is 1. The van der Waals surface area contributed by atoms with Gasteiger partial charge in [-0.05, 0) is 41.8 Å². The van der Waals surface area contributed by atoms with Gasteiger partial charge in [0.05, 0.1) is 5.92 Å². The van der Waals surface area contributed by atoms with E-state index >= 15 is 0 Å². The molecule has 20 heavy (non-hydrogen) atoms. The molecule has 0 radical (unpaired) electrons. The highest BCUT2D eigenvalue weighted by molar-refractivity contribution is 6.30. The van der Waals surface area contributed by atoms with Gasteiger partial charge in [0, 0.05) is 30.4 Å². The fourth-order valence-corrected chi connectivity index (χ4v) is 2.37. The third-order valence-electron chi connectivity index (χ3n) is 3.28. The van der Waals surface area contributed by atoms with Gasteiger partial charge < -0.3 is 5.73 Å². The minimum absolute atomic E-state index is 0.145. The zero-order chi connectivity index (χ0) is 14.4. The predicted octanol–water partition coefficient (Wildman–Crippen LogP) is 2.98. The summed E-state index contributed by atoms with van der Waals surface area (Å²) in [6.45, 7) is 0.301. The van der Waals surface area contributed by atoms with Gasteiger partial charge in [0.2, 0.25) is 0 Å². The largest absolute Gasteiger partial charge is 0.329 e. The minimum Gasteiger partial charge on any atom is -0.329 e. The first-order valence-corrected chi connectivity index (χ1v) is 6.95. The molecule has 1 unspecified atom stereocenters. The molecule has 0 aliphatic rings. The summed E-state index contributed by atoms with van der Waals surface area (Å²) in [5.41, 5.74) is 7.75. The summed E-state index contributed by atoms with van der Waals surface area (Å²) in [7, 11) is 0. The molecule has 0 spiro atoms. The smallest absolute Gasteiger partial charge is 0.141 e. The van der Waals surface area contributed by atoms with Crippen LogP contribution in [0.2, 0.25) is 5.02 Å². The van der Waals surface area contributed by atoms with Crippen LogP contribution in [0.1, 0.15) is 23.5 Å². The van der Waals surface area contributed by atoms with Gasteiger partial charge in [0.25, 0.3) is 0 Å². The Kier molecular flexibility index (Phi) is 5.27. The van der Waals surface area contributed by atoms with Crippen molar-refractivity contribution in [3.05, 3.63) is 64.9 Å². The number of hydrogen-bond donors (Lipinski definition) is 1. The van der Waals surface area contributed by atoms with Gasteiger partial charge in [-0.15, -0.1) is 0 Å². The maximum Gasteiger partial charge on any atom is 0.141 e. The van der Waals surface area contributed by atoms with Gasteiger partial charge in [-0.3, -0.25) is 9.78 Å². The van der Waals surface area contributed by atoms with Crippen LogP contribution < -0.4 is 5.73 Å². The molecule has 1 aromatic heterocycles. The lowest BCUT2D eigenvalue weighted by Crippen LogP contribution is -2.22. The van der Waals surface area contributed by atoms with E-state index in [4.69, 9.17) is 17.3 Å². The quantitative estimate of drug-likeness (QED) is 0.889. The van der Waals surface area contributed by atoms with Gasteiger partial charge in [-0.2, -0.15) is 0 Å². The molecule has 1 atom stereocenters. The number of nitrogens with zero attached hydrogens (tertiary/aromatic N) is 1. The second-order valence-corrected chi connectivity index (χ2v) is 5.10. The van der Waals surface area contributed by atoms with E-state index in [0.29, 0.717) is 24.4 Å². The number of nitrogens with two attached hydrogens (primary N) is 1. The van der Waals surface area contributed by atoms with Crippen LogP contribution in [-0.2, 0) is 11.2 Å². The van der Waals surface area contributed by atoms with Crippen LogP contribution in [0, 0.1) is 0 Å². The average molecular weight is 289 g/mol. The van der Waals surface area contributed by atoms with Crippen molar-refractivity contribution in [2.24, 2.45) is 5.73 Å². The lowest BCUT2D eigenvalue weighted by atomic mass is 9.91. The number of halogens is 1. The molecule has 3 nitrogen and oxygen atoms in total. The summed E-state index contributed by atoms with van der Waals surface area (Å²) in [6, 6.07) is 11.2. The van der Waals surface area contributed by atoms with Crippen molar-refractivity contribution in [3.63, 3.8) is 0 Å². The monoisotopic (exact) mass is 288 g/mol. The lowest BCUT2D eigenvalue weighted by Gasteiger charge is -2.14. The maximum absolute atomic E-state index is 12.3. The van der Waals surface area contributed by atoms with Gasteiger partial charge in [0.15, 0.2) is 0 Å². The van der Waals surface area contributed by atoms with Gasteiger partial charge in [0.1, 0.15) is 5.78 Å². The van der Waals surface area contributed by atoms with Crippen molar-refractivity contribution >= 4 is 17.4 Å². The van der Waals surface area contributed by atoms with E-state index < -0.39 is 0 Å². The first kappa shape index (κ1) is 14.7. The Morgan fingerprint density at radius 1 is 1.25 bits per heavy atom. The van der Waals surface area contributed by atoms with E-state index in [1.807, 2.05) is 30.3 Å². The molecule has 2 aromatic rings. The number of pyridine rings is 1. The highest BCUT2D eigenvalue weighted by atomic mass is 35.5. The van der Waals surface area contributed by atoms with Crippen molar-refractivity contribution in [3.8, 4) is 0 Å². The molecular formula is C16H17ClN2O. The number of aryl methyl sites for hydroxylation is 1. The van der Waals surface area contributed by atoms with Gasteiger partial charge in [-0.1, -0.05) is 23.7 Å². The van der Waals surface area contributed by atoms with E-state index in [1.54, 1.807) is 18.5 Å². The lowest BCUT2D eigenvalue weighted by molar-refractivity contribution is -0.120. The summed E-state index contributed by atoms with van der Waals surface area (Å²) < 4.78 is 0. The third-order valence-corrected chi connectivity index (χ3v) is 3.52. The number of aromatic nitrogens is 1. The molecule has 0 aliphatic carbocycles. The Morgan fingerprint density at radius 3 is 2.65 bits per heavy atom. The number of Topliss-reactive ketones (excluding diaryl/α,β-unsaturated/α-hetero) is 1. The Balaban J connectivity index is 2.02. The van der Waals surface area contributed by atoms with E-state index in [1.165, 1.54) is 0 Å². The normalized spacial score (nSPS) is 12.1. The number of benzene rings is 1. The zero-order valence-electron chi connectivity index (χ0n) is 11.1. The van der Waals surface area contributed by atoms with Crippen LogP contribution >= 0.6 is 11.6 Å². The highest BCUT2D eigenvalue weighted by Crippen LogP contribution is 2.21. The summed E-state index contributed by atoms with van der Waals surface area (Å²) in [5.74, 6) is -0.137. The van der Waals surface area contributed by atoms with Gasteiger partial charge >= 0.3 is 0 Å². The number of carbonyl (C=O) groups is 1. The zero-order valence-corrected chi connectivity index (χ0v) is 11.9. The molecule has 1 aromatic carbocycles. The highest BCUT2D eigenvalue weighted by Gasteiger charge is 2.18. The van der Waals surface area contributed by atoms with Gasteiger partial charge in [-0.25, -0.2) is 0 Å². The van der Waals surface area contributed by atoms with Crippen molar-refractivity contribution in [2.45, 2.75) is 18.8 Å². The van der Waals surface area contributed by atoms with Crippen LogP contribution in [0.4, 0.5) is 0 Å². The molecule has 0 amide bonds. The standard InChI is InChI=1S/C16H17ClN2O/c17-14-3-1-2-13(10-14)15(11-18)16(20)5-4-12-6-8-19-9-7-12/h1-3,6-10,15H,4-5,11,18H2. The molecule has 0 saturated carbocycles. The number of hydrogen-bond acceptors (Lipinski definition) is 3. The van der Waals surface area contributed by atoms with Crippen molar-refractivity contribution < 1.29 is 4.79 Å². The summed E-state index contributed by atoms with van der Waals surface area (Å²) >= 11 is 5.96. The molecular weight excluding hydrogens is 272 g/mol. The maximum atomic E-state index is 12.3. The SMILES string of the molecule is NCC(C(=O)CCc1ccncc1)c1cccc(Cl)c1. The van der Waals surface area contributed by atoms with Crippen molar-refractivity contribution in [1.29, 1.82) is 0 Å². The molecule has 2 rings (SSSR count). The fourth-order valence-electron chi connectivity index (χ4n) is 2.17. The predicted molar refractivity (Wildman–Crippen MR) is 80.8 cm³/mol. The molecule has 0 fully saturated rings. The molecule has 0 saturated heterocycles. The number of carbonyl (C=O) groups excluding carboxylic acids is 1. The topological polar surface area (TPSA) is 56.0 Å². The molecule has 0 bridgehead atoms. The third kappa shape index (κ3) is 3.89. The van der Waals surface area contributed by atoms with Crippen molar-refractivity contribution in [1.82, 2.24) is 4.98 Å². The van der Waals surface area contributed by atoms with E-state index in [-0.39, 0.29) is 11.7 Å². The second kappa shape index (κ2) is 7.17. The minimum atomic E-state index is -0.282. The number of rotatable bonds is 6. The Hall–Kier alpha value is -1.71. The van der Waals surface area contributed by atoms with Crippen LogP contribution in [0.3, 0.4) is 0 Å². The average Bonchev–Trinajstić information content (AvgIpc) is 2.47. The van der Waals surface area contributed by atoms with Crippen LogP contribution in [0.25, 0.3) is 0 Å². The Bertz CT molecular complexity index is 572. The molecule has 1 heterocycles. The summed E-state index contributed by atoms with van der Waals surface area (Å²) in [6.07, 6.45) is 4.64. The Labute approximate surface area is 123 Å². The van der Waals surface area contributed by atoms with E-state index in [2.05, 4.69) is 4.98 Å². The van der Waals surface area contributed by atoms with Crippen LogP contribution in [0.15, 0.2) is 48.8 Å². The summed E-state index contributed by atoms with van der Waals surface area (Å²) in [5, 5.41) is 0.628. The molecule has 2 N–H and O–H groups in total. The second-order valence-electron chi connectivity index (χ2n) is 4.67. The van der Waals surface area contributed by atoms with Crippen molar-refractivity contribution in [2.75, 3.05) is 6.54 Å². The fraction of sp³-hybridized carbons (Fsp3) is 0.250. The first-order valence-electron chi connectivity index (χ1n) is 6.58. The van der Waals surface area contributed by atoms with Crippen LogP contribution in [-0.4, -0.2) is 17.3 Å². The van der Waals surface area contributed by atoms with E-state index in [9.17, 15) is 4.79 Å². The molecule has 104 valence electrons. The van der Waals surface area contributed by atoms with Crippen LogP contribution in [0.5, 0.6) is 0 Å². The Morgan fingerprint density at radius 2 is 2.00 bits per heavy atom. The summed E-state index contributed by atoms with van der Waals surface area (Å²) in [4.78, 5) is 16.3. The first-order chi connectivity index (χ1) is 9.70. The van der Waals surface area contributed by atoms with E-state index in [0.717, 1.165) is 11.1 Å². The molecule has 4 heteroatoms. The molecule has 0 aliphatic heterocycles.